The summed E-state index contributed by atoms with van der Waals surface area (Å²) in [4.78, 5) is 16.4. The Bertz CT molecular complexity index is 731. The highest BCUT2D eigenvalue weighted by molar-refractivity contribution is 9.10. The summed E-state index contributed by atoms with van der Waals surface area (Å²) in [5.41, 5.74) is 3.44. The lowest BCUT2D eigenvalue weighted by atomic mass is 10.1. The van der Waals surface area contributed by atoms with Crippen molar-refractivity contribution in [2.24, 2.45) is 0 Å². The molecule has 0 bridgehead atoms. The van der Waals surface area contributed by atoms with Crippen LogP contribution in [0.1, 0.15) is 17.5 Å². The second-order valence-corrected chi connectivity index (χ2v) is 6.73. The highest BCUT2D eigenvalue weighted by Crippen LogP contribution is 2.22. The molecule has 122 valence electrons. The molecular weight excluding hydrogens is 356 g/mol. The van der Waals surface area contributed by atoms with E-state index in [0.29, 0.717) is 4.47 Å². The van der Waals surface area contributed by atoms with Gasteiger partial charge in [-0.25, -0.2) is 5.10 Å². The highest BCUT2D eigenvalue weighted by atomic mass is 79.9. The van der Waals surface area contributed by atoms with Crippen molar-refractivity contribution in [3.05, 3.63) is 56.4 Å². The summed E-state index contributed by atoms with van der Waals surface area (Å²) in [6, 6.07) is 8.56. The minimum Gasteiger partial charge on any atom is -0.368 e. The lowest BCUT2D eigenvalue weighted by Crippen LogP contribution is -2.31. The normalized spacial score (nSPS) is 16.3. The van der Waals surface area contributed by atoms with Crippen LogP contribution >= 0.6 is 15.9 Å². The van der Waals surface area contributed by atoms with Crippen LogP contribution in [0.25, 0.3) is 0 Å². The van der Waals surface area contributed by atoms with Crippen molar-refractivity contribution in [2.75, 3.05) is 31.1 Å². The topological polar surface area (TPSA) is 52.2 Å². The number of benzene rings is 1. The molecule has 1 aromatic heterocycles. The molecule has 1 fully saturated rings. The molecule has 0 atom stereocenters. The molecule has 1 aliphatic heterocycles. The second-order valence-electron chi connectivity index (χ2n) is 5.94. The molecule has 2 aromatic rings. The number of aromatic nitrogens is 2. The number of nitrogens with zero attached hydrogens (tertiary/aromatic N) is 3. The molecule has 1 aromatic carbocycles. The number of aryl methyl sites for hydroxylation is 1. The zero-order valence-corrected chi connectivity index (χ0v) is 14.8. The summed E-state index contributed by atoms with van der Waals surface area (Å²) in [5.74, 6) is 0. The van der Waals surface area contributed by atoms with Gasteiger partial charge in [0.25, 0.3) is 5.56 Å². The molecular formula is C17H21BrN4O. The first-order valence-electron chi connectivity index (χ1n) is 7.90. The maximum absolute atomic E-state index is 11.7. The molecule has 0 spiro atoms. The fraction of sp³-hybridized carbons (Fsp3) is 0.412. The van der Waals surface area contributed by atoms with E-state index in [0.717, 1.165) is 44.8 Å². The van der Waals surface area contributed by atoms with Crippen LogP contribution in [0.3, 0.4) is 0 Å². The Hall–Kier alpha value is -1.66. The van der Waals surface area contributed by atoms with Crippen LogP contribution in [-0.4, -0.2) is 41.3 Å². The molecule has 0 saturated carbocycles. The number of halogens is 1. The molecule has 5 nitrogen and oxygen atoms in total. The highest BCUT2D eigenvalue weighted by Gasteiger charge is 2.18. The van der Waals surface area contributed by atoms with Gasteiger partial charge in [-0.2, -0.15) is 5.10 Å². The standard InChI is InChI=1S/C17H21BrN4O/c1-13-5-2-3-6-14(13)12-21-7-4-8-22(10-9-21)15-11-19-20-17(23)16(15)18/h2-3,5-6,11H,4,7-10,12H2,1H3,(H,20,23). The Morgan fingerprint density at radius 3 is 2.87 bits per heavy atom. The van der Waals surface area contributed by atoms with Gasteiger partial charge in [-0.05, 0) is 40.4 Å². The zero-order chi connectivity index (χ0) is 16.2. The molecule has 0 aliphatic carbocycles. The second kappa shape index (κ2) is 7.27. The predicted octanol–water partition coefficient (Wildman–Crippen LogP) is 2.55. The fourth-order valence-corrected chi connectivity index (χ4v) is 3.43. The van der Waals surface area contributed by atoms with Crippen LogP contribution in [0, 0.1) is 6.92 Å². The SMILES string of the molecule is Cc1ccccc1CN1CCCN(c2cn[nH]c(=O)c2Br)CC1. The van der Waals surface area contributed by atoms with Crippen LogP contribution in [0.5, 0.6) is 0 Å². The Morgan fingerprint density at radius 1 is 1.22 bits per heavy atom. The molecule has 1 aliphatic rings. The molecule has 23 heavy (non-hydrogen) atoms. The Kier molecular flexibility index (Phi) is 5.13. The Balaban J connectivity index is 1.69. The molecule has 0 unspecified atom stereocenters. The van der Waals surface area contributed by atoms with Crippen LogP contribution in [0.4, 0.5) is 5.69 Å². The van der Waals surface area contributed by atoms with Gasteiger partial charge in [-0.3, -0.25) is 9.69 Å². The zero-order valence-electron chi connectivity index (χ0n) is 13.3. The van der Waals surface area contributed by atoms with Gasteiger partial charge in [-0.1, -0.05) is 24.3 Å². The van der Waals surface area contributed by atoms with Gasteiger partial charge in [0.2, 0.25) is 0 Å². The molecule has 0 radical (unpaired) electrons. The molecule has 1 saturated heterocycles. The molecule has 3 rings (SSSR count). The maximum atomic E-state index is 11.7. The predicted molar refractivity (Wildman–Crippen MR) is 95.8 cm³/mol. The largest absolute Gasteiger partial charge is 0.368 e. The third-order valence-corrected chi connectivity index (χ3v) is 5.13. The number of nitrogens with one attached hydrogen (secondary N) is 1. The van der Waals surface area contributed by atoms with Crippen LogP contribution < -0.4 is 10.5 Å². The monoisotopic (exact) mass is 376 g/mol. The third kappa shape index (κ3) is 3.82. The number of anilines is 1. The first kappa shape index (κ1) is 16.2. The van der Waals surface area contributed by atoms with Crippen molar-refractivity contribution >= 4 is 21.6 Å². The minimum atomic E-state index is -0.177. The average molecular weight is 377 g/mol. The van der Waals surface area contributed by atoms with Crippen LogP contribution in [0.2, 0.25) is 0 Å². The molecule has 0 amide bonds. The van der Waals surface area contributed by atoms with Crippen molar-refractivity contribution in [1.29, 1.82) is 0 Å². The van der Waals surface area contributed by atoms with Crippen LogP contribution in [-0.2, 0) is 6.54 Å². The lowest BCUT2D eigenvalue weighted by molar-refractivity contribution is 0.285. The molecule has 6 heteroatoms. The van der Waals surface area contributed by atoms with E-state index in [1.165, 1.54) is 11.1 Å². The van der Waals surface area contributed by atoms with E-state index in [1.54, 1.807) is 6.20 Å². The summed E-state index contributed by atoms with van der Waals surface area (Å²) in [7, 11) is 0. The molecule has 1 N–H and O–H groups in total. The van der Waals surface area contributed by atoms with E-state index >= 15 is 0 Å². The Morgan fingerprint density at radius 2 is 2.04 bits per heavy atom. The van der Waals surface area contributed by atoms with Gasteiger partial charge in [0.15, 0.2) is 0 Å². The van der Waals surface area contributed by atoms with Crippen LogP contribution in [0.15, 0.2) is 39.7 Å². The lowest BCUT2D eigenvalue weighted by Gasteiger charge is -2.24. The summed E-state index contributed by atoms with van der Waals surface area (Å²) in [6.07, 6.45) is 2.80. The number of H-pyrrole nitrogens is 1. The molecule has 2 heterocycles. The first-order valence-corrected chi connectivity index (χ1v) is 8.69. The summed E-state index contributed by atoms with van der Waals surface area (Å²) in [6.45, 7) is 7.03. The first-order chi connectivity index (χ1) is 11.1. The Labute approximate surface area is 144 Å². The quantitative estimate of drug-likeness (QED) is 0.894. The third-order valence-electron chi connectivity index (χ3n) is 4.36. The number of rotatable bonds is 3. The van der Waals surface area contributed by atoms with Crippen molar-refractivity contribution in [3.63, 3.8) is 0 Å². The van der Waals surface area contributed by atoms with Crippen molar-refractivity contribution < 1.29 is 0 Å². The van der Waals surface area contributed by atoms with E-state index in [-0.39, 0.29) is 5.56 Å². The smallest absolute Gasteiger partial charge is 0.280 e. The number of hydrogen-bond donors (Lipinski definition) is 1. The summed E-state index contributed by atoms with van der Waals surface area (Å²) >= 11 is 3.38. The number of aromatic amines is 1. The van der Waals surface area contributed by atoms with Crippen molar-refractivity contribution in [2.45, 2.75) is 19.9 Å². The minimum absolute atomic E-state index is 0.177. The van der Waals surface area contributed by atoms with Gasteiger partial charge in [0, 0.05) is 32.7 Å². The van der Waals surface area contributed by atoms with E-state index in [1.807, 2.05) is 0 Å². The van der Waals surface area contributed by atoms with Crippen molar-refractivity contribution in [3.8, 4) is 0 Å². The fourth-order valence-electron chi connectivity index (χ4n) is 2.99. The van der Waals surface area contributed by atoms with Gasteiger partial charge in [-0.15, -0.1) is 0 Å². The summed E-state index contributed by atoms with van der Waals surface area (Å²) < 4.78 is 0.569. The maximum Gasteiger partial charge on any atom is 0.280 e. The van der Waals surface area contributed by atoms with E-state index in [2.05, 4.69) is 67.1 Å². The van der Waals surface area contributed by atoms with Gasteiger partial charge in [0.1, 0.15) is 4.47 Å². The average Bonchev–Trinajstić information content (AvgIpc) is 2.78. The van der Waals surface area contributed by atoms with E-state index in [9.17, 15) is 4.79 Å². The van der Waals surface area contributed by atoms with E-state index in [4.69, 9.17) is 0 Å². The number of hydrogen-bond acceptors (Lipinski definition) is 4. The van der Waals surface area contributed by atoms with Gasteiger partial charge in [0.05, 0.1) is 11.9 Å². The van der Waals surface area contributed by atoms with E-state index < -0.39 is 0 Å². The van der Waals surface area contributed by atoms with Gasteiger partial charge >= 0.3 is 0 Å². The summed E-state index contributed by atoms with van der Waals surface area (Å²) in [5, 5.41) is 6.38. The van der Waals surface area contributed by atoms with Crippen molar-refractivity contribution in [1.82, 2.24) is 15.1 Å². The van der Waals surface area contributed by atoms with Gasteiger partial charge < -0.3 is 4.90 Å².